The van der Waals surface area contributed by atoms with E-state index in [0.29, 0.717) is 33.7 Å². The van der Waals surface area contributed by atoms with Crippen molar-refractivity contribution in [3.05, 3.63) is 87.5 Å². The van der Waals surface area contributed by atoms with Crippen molar-refractivity contribution in [2.24, 2.45) is 0 Å². The lowest BCUT2D eigenvalue weighted by atomic mass is 10.2. The number of halogens is 2. The molecule has 4 rings (SSSR count). The average Bonchev–Trinajstić information content (AvgIpc) is 3.34. The standard InChI is InChI=1S/C21H17Cl2N5O3/c1-13-17(11-30-16-7-4-6-15(22)9-16)19(27-31-13)20(29)25-21-24-12-28(26-21)10-14-5-2-3-8-18(14)23/h2-9,12H,10-11H2,1H3,(H,25,26,29). The van der Waals surface area contributed by atoms with Gasteiger partial charge in [-0.1, -0.05) is 52.6 Å². The summed E-state index contributed by atoms with van der Waals surface area (Å²) in [5.41, 5.74) is 1.51. The predicted molar refractivity (Wildman–Crippen MR) is 116 cm³/mol. The van der Waals surface area contributed by atoms with Gasteiger partial charge in [-0.3, -0.25) is 10.1 Å². The molecule has 4 aromatic rings. The number of benzene rings is 2. The molecule has 0 saturated heterocycles. The highest BCUT2D eigenvalue weighted by Crippen LogP contribution is 2.21. The van der Waals surface area contributed by atoms with Crippen LogP contribution in [0.1, 0.15) is 27.4 Å². The minimum Gasteiger partial charge on any atom is -0.489 e. The summed E-state index contributed by atoms with van der Waals surface area (Å²) >= 11 is 12.2. The molecule has 0 bridgehead atoms. The van der Waals surface area contributed by atoms with Gasteiger partial charge in [0, 0.05) is 10.0 Å². The highest BCUT2D eigenvalue weighted by atomic mass is 35.5. The molecule has 2 aromatic carbocycles. The van der Waals surface area contributed by atoms with Crippen molar-refractivity contribution < 1.29 is 14.1 Å². The van der Waals surface area contributed by atoms with Gasteiger partial charge in [0.1, 0.15) is 24.4 Å². The molecule has 0 atom stereocenters. The van der Waals surface area contributed by atoms with Crippen molar-refractivity contribution >= 4 is 35.1 Å². The lowest BCUT2D eigenvalue weighted by Gasteiger charge is -2.07. The van der Waals surface area contributed by atoms with Crippen LogP contribution in [0.2, 0.25) is 10.0 Å². The van der Waals surface area contributed by atoms with Crippen molar-refractivity contribution in [1.82, 2.24) is 19.9 Å². The Morgan fingerprint density at radius 1 is 1.19 bits per heavy atom. The second-order valence-corrected chi connectivity index (χ2v) is 7.47. The molecule has 10 heteroatoms. The van der Waals surface area contributed by atoms with Crippen LogP contribution in [0, 0.1) is 6.92 Å². The number of aromatic nitrogens is 4. The molecule has 0 aliphatic carbocycles. The molecular weight excluding hydrogens is 441 g/mol. The first-order valence-electron chi connectivity index (χ1n) is 9.27. The molecule has 1 N–H and O–H groups in total. The zero-order valence-electron chi connectivity index (χ0n) is 16.4. The van der Waals surface area contributed by atoms with Gasteiger partial charge < -0.3 is 9.26 Å². The fourth-order valence-corrected chi connectivity index (χ4v) is 3.22. The lowest BCUT2D eigenvalue weighted by Crippen LogP contribution is -2.16. The zero-order valence-corrected chi connectivity index (χ0v) is 17.9. The van der Waals surface area contributed by atoms with E-state index in [0.717, 1.165) is 5.56 Å². The smallest absolute Gasteiger partial charge is 0.280 e. The Morgan fingerprint density at radius 3 is 2.84 bits per heavy atom. The maximum absolute atomic E-state index is 12.7. The Labute approximate surface area is 187 Å². The van der Waals surface area contributed by atoms with E-state index in [4.69, 9.17) is 32.5 Å². The molecule has 0 aliphatic rings. The third kappa shape index (κ3) is 5.04. The van der Waals surface area contributed by atoms with Crippen LogP contribution in [0.4, 0.5) is 5.95 Å². The number of carbonyl (C=O) groups is 1. The van der Waals surface area contributed by atoms with Crippen LogP contribution in [0.15, 0.2) is 59.4 Å². The molecule has 2 heterocycles. The number of nitrogens with one attached hydrogen (secondary N) is 1. The summed E-state index contributed by atoms with van der Waals surface area (Å²) in [6.45, 7) is 2.22. The largest absolute Gasteiger partial charge is 0.489 e. The normalized spacial score (nSPS) is 10.8. The van der Waals surface area contributed by atoms with Crippen LogP contribution in [0.25, 0.3) is 0 Å². The van der Waals surface area contributed by atoms with Crippen molar-refractivity contribution in [3.63, 3.8) is 0 Å². The van der Waals surface area contributed by atoms with Gasteiger partial charge in [-0.15, -0.1) is 5.10 Å². The van der Waals surface area contributed by atoms with E-state index in [1.807, 2.05) is 18.2 Å². The minimum absolute atomic E-state index is 0.0901. The van der Waals surface area contributed by atoms with Gasteiger partial charge in [-0.25, -0.2) is 9.67 Å². The van der Waals surface area contributed by atoms with Gasteiger partial charge in [0.25, 0.3) is 5.91 Å². The second kappa shape index (κ2) is 9.20. The summed E-state index contributed by atoms with van der Waals surface area (Å²) in [6, 6.07) is 14.4. The monoisotopic (exact) mass is 457 g/mol. The molecule has 0 spiro atoms. The van der Waals surface area contributed by atoms with Gasteiger partial charge >= 0.3 is 0 Å². The number of amides is 1. The fourth-order valence-electron chi connectivity index (χ4n) is 2.84. The van der Waals surface area contributed by atoms with Crippen molar-refractivity contribution in [1.29, 1.82) is 0 Å². The van der Waals surface area contributed by atoms with Gasteiger partial charge in [-0.05, 0) is 36.8 Å². The molecule has 2 aromatic heterocycles. The molecule has 0 radical (unpaired) electrons. The van der Waals surface area contributed by atoms with Gasteiger partial charge in [0.15, 0.2) is 5.69 Å². The van der Waals surface area contributed by atoms with Crippen molar-refractivity contribution in [3.8, 4) is 5.75 Å². The first kappa shape index (κ1) is 20.9. The predicted octanol–water partition coefficient (Wildman–Crippen LogP) is 4.76. The van der Waals surface area contributed by atoms with Crippen molar-refractivity contribution in [2.45, 2.75) is 20.1 Å². The summed E-state index contributed by atoms with van der Waals surface area (Å²) in [6.07, 6.45) is 1.51. The first-order chi connectivity index (χ1) is 15.0. The second-order valence-electron chi connectivity index (χ2n) is 6.62. The number of nitrogens with zero attached hydrogens (tertiary/aromatic N) is 4. The third-order valence-corrected chi connectivity index (χ3v) is 5.03. The number of anilines is 1. The SMILES string of the molecule is Cc1onc(C(=O)Nc2ncn(Cc3ccccc3Cl)n2)c1COc1cccc(Cl)c1. The van der Waals surface area contributed by atoms with E-state index in [2.05, 4.69) is 20.6 Å². The van der Waals surface area contributed by atoms with E-state index in [1.165, 1.54) is 6.33 Å². The van der Waals surface area contributed by atoms with Crippen LogP contribution in [-0.2, 0) is 13.2 Å². The summed E-state index contributed by atoms with van der Waals surface area (Å²) in [5.74, 6) is 0.681. The fraction of sp³-hybridized carbons (Fsp3) is 0.143. The maximum atomic E-state index is 12.7. The number of carbonyl (C=O) groups excluding carboxylic acids is 1. The molecule has 31 heavy (non-hydrogen) atoms. The summed E-state index contributed by atoms with van der Waals surface area (Å²) in [4.78, 5) is 16.8. The van der Waals surface area contributed by atoms with Gasteiger partial charge in [0.2, 0.25) is 5.95 Å². The molecule has 0 fully saturated rings. The van der Waals surface area contributed by atoms with Crippen LogP contribution in [0.5, 0.6) is 5.75 Å². The Hall–Kier alpha value is -3.36. The van der Waals surface area contributed by atoms with E-state index in [9.17, 15) is 4.79 Å². The topological polar surface area (TPSA) is 95.1 Å². The molecule has 0 saturated carbocycles. The van der Waals surface area contributed by atoms with E-state index < -0.39 is 5.91 Å². The van der Waals surface area contributed by atoms with Gasteiger partial charge in [-0.2, -0.15) is 0 Å². The number of ether oxygens (including phenoxy) is 1. The molecule has 158 valence electrons. The Balaban J connectivity index is 1.43. The maximum Gasteiger partial charge on any atom is 0.280 e. The zero-order chi connectivity index (χ0) is 21.8. The molecular formula is C21H17Cl2N5O3. The average molecular weight is 458 g/mol. The summed E-state index contributed by atoms with van der Waals surface area (Å²) in [7, 11) is 0. The quantitative estimate of drug-likeness (QED) is 0.429. The van der Waals surface area contributed by atoms with E-state index in [1.54, 1.807) is 41.9 Å². The molecule has 0 aliphatic heterocycles. The first-order valence-corrected chi connectivity index (χ1v) is 10.0. The van der Waals surface area contributed by atoms with E-state index >= 15 is 0 Å². The Kier molecular flexibility index (Phi) is 6.20. The molecule has 1 amide bonds. The summed E-state index contributed by atoms with van der Waals surface area (Å²) in [5, 5.41) is 11.9. The van der Waals surface area contributed by atoms with E-state index in [-0.39, 0.29) is 18.2 Å². The third-order valence-electron chi connectivity index (χ3n) is 4.43. The number of hydrogen-bond acceptors (Lipinski definition) is 6. The lowest BCUT2D eigenvalue weighted by molar-refractivity contribution is 0.101. The number of aryl methyl sites for hydroxylation is 1. The van der Waals surface area contributed by atoms with Crippen LogP contribution in [-0.4, -0.2) is 25.8 Å². The van der Waals surface area contributed by atoms with Crippen LogP contribution >= 0.6 is 23.2 Å². The minimum atomic E-state index is -0.503. The van der Waals surface area contributed by atoms with Crippen molar-refractivity contribution in [2.75, 3.05) is 5.32 Å². The van der Waals surface area contributed by atoms with Crippen LogP contribution in [0.3, 0.4) is 0 Å². The molecule has 8 nitrogen and oxygen atoms in total. The summed E-state index contributed by atoms with van der Waals surface area (Å²) < 4.78 is 12.5. The molecule has 0 unspecified atom stereocenters. The Bertz CT molecular complexity index is 1220. The van der Waals surface area contributed by atoms with Gasteiger partial charge in [0.05, 0.1) is 12.1 Å². The Morgan fingerprint density at radius 2 is 2.03 bits per heavy atom. The number of hydrogen-bond donors (Lipinski definition) is 1. The highest BCUT2D eigenvalue weighted by molar-refractivity contribution is 6.31. The van der Waals surface area contributed by atoms with Crippen LogP contribution < -0.4 is 10.1 Å². The highest BCUT2D eigenvalue weighted by Gasteiger charge is 2.21. The number of rotatable bonds is 7.